The van der Waals surface area contributed by atoms with Gasteiger partial charge >= 0.3 is 5.97 Å². The van der Waals surface area contributed by atoms with Crippen LogP contribution in [0.15, 0.2) is 0 Å². The molecule has 0 saturated carbocycles. The highest BCUT2D eigenvalue weighted by atomic mass is 16.6. The van der Waals surface area contributed by atoms with Gasteiger partial charge in [-0.25, -0.2) is 0 Å². The number of carbonyl (C=O) groups excluding carboxylic acids is 1. The summed E-state index contributed by atoms with van der Waals surface area (Å²) in [6, 6.07) is 0.500. The summed E-state index contributed by atoms with van der Waals surface area (Å²) in [5.41, 5.74) is -0.390. The van der Waals surface area contributed by atoms with Crippen molar-refractivity contribution in [3.05, 3.63) is 0 Å². The molecule has 1 N–H and O–H groups in total. The van der Waals surface area contributed by atoms with Crippen LogP contribution in [0.4, 0.5) is 0 Å². The van der Waals surface area contributed by atoms with E-state index in [0.29, 0.717) is 12.6 Å². The topological polar surface area (TPSA) is 41.6 Å². The van der Waals surface area contributed by atoms with Gasteiger partial charge in [0, 0.05) is 12.6 Å². The molecule has 0 aromatic carbocycles. The van der Waals surface area contributed by atoms with Crippen LogP contribution >= 0.6 is 0 Å². The first kappa shape index (κ1) is 14.5. The van der Waals surface area contributed by atoms with E-state index in [1.807, 2.05) is 20.8 Å². The summed E-state index contributed by atoms with van der Waals surface area (Å²) in [6.07, 6.45) is 2.60. The molecule has 4 nitrogen and oxygen atoms in total. The molecule has 1 aliphatic heterocycles. The average Bonchev–Trinajstić information content (AvgIpc) is 2.66. The van der Waals surface area contributed by atoms with Crippen molar-refractivity contribution in [3.63, 3.8) is 0 Å². The van der Waals surface area contributed by atoms with Crippen molar-refractivity contribution in [2.45, 2.75) is 52.2 Å². The molecule has 100 valence electrons. The SMILES string of the molecule is CC(CNCC(=O)OC(C)(C)C)N1CCCC1. The van der Waals surface area contributed by atoms with E-state index >= 15 is 0 Å². The maximum absolute atomic E-state index is 11.5. The number of likely N-dealkylation sites (tertiary alicyclic amines) is 1. The summed E-state index contributed by atoms with van der Waals surface area (Å²) in [4.78, 5) is 13.9. The summed E-state index contributed by atoms with van der Waals surface area (Å²) >= 11 is 0. The largest absolute Gasteiger partial charge is 0.459 e. The molecule has 1 heterocycles. The van der Waals surface area contributed by atoms with E-state index in [-0.39, 0.29) is 11.6 Å². The molecule has 0 spiro atoms. The zero-order chi connectivity index (χ0) is 12.9. The van der Waals surface area contributed by atoms with Crippen molar-refractivity contribution in [1.82, 2.24) is 10.2 Å². The second kappa shape index (κ2) is 6.36. The van der Waals surface area contributed by atoms with Crippen LogP contribution in [0.25, 0.3) is 0 Å². The van der Waals surface area contributed by atoms with Gasteiger partial charge in [-0.1, -0.05) is 0 Å². The summed E-state index contributed by atoms with van der Waals surface area (Å²) in [6.45, 7) is 11.4. The highest BCUT2D eigenvalue weighted by Gasteiger charge is 2.19. The summed E-state index contributed by atoms with van der Waals surface area (Å²) in [5.74, 6) is -0.175. The third-order valence-electron chi connectivity index (χ3n) is 2.89. The minimum Gasteiger partial charge on any atom is -0.459 e. The fraction of sp³-hybridized carbons (Fsp3) is 0.923. The van der Waals surface area contributed by atoms with Gasteiger partial charge in [0.2, 0.25) is 0 Å². The Morgan fingerprint density at radius 1 is 1.35 bits per heavy atom. The highest BCUT2D eigenvalue weighted by molar-refractivity contribution is 5.72. The average molecular weight is 242 g/mol. The predicted molar refractivity (Wildman–Crippen MR) is 69.0 cm³/mol. The standard InChI is InChI=1S/C13H26N2O2/c1-11(15-7-5-6-8-15)9-14-10-12(16)17-13(2,3)4/h11,14H,5-10H2,1-4H3. The summed E-state index contributed by atoms with van der Waals surface area (Å²) in [7, 11) is 0. The third-order valence-corrected chi connectivity index (χ3v) is 2.89. The normalized spacial score (nSPS) is 19.3. The molecule has 0 amide bonds. The third kappa shape index (κ3) is 6.03. The molecule has 1 aliphatic rings. The minimum absolute atomic E-state index is 0.175. The Bertz CT molecular complexity index is 242. The molecular formula is C13H26N2O2. The maximum atomic E-state index is 11.5. The van der Waals surface area contributed by atoms with E-state index in [1.54, 1.807) is 0 Å². The Kier molecular flexibility index (Phi) is 5.40. The van der Waals surface area contributed by atoms with Gasteiger partial charge in [0.15, 0.2) is 0 Å². The molecular weight excluding hydrogens is 216 g/mol. The molecule has 0 bridgehead atoms. The van der Waals surface area contributed by atoms with Crippen molar-refractivity contribution in [3.8, 4) is 0 Å². The molecule has 17 heavy (non-hydrogen) atoms. The van der Waals surface area contributed by atoms with E-state index < -0.39 is 0 Å². The van der Waals surface area contributed by atoms with Gasteiger partial charge < -0.3 is 10.1 Å². The van der Waals surface area contributed by atoms with Crippen molar-refractivity contribution < 1.29 is 9.53 Å². The first-order valence-corrected chi connectivity index (χ1v) is 6.55. The molecule has 1 fully saturated rings. The van der Waals surface area contributed by atoms with Crippen molar-refractivity contribution in [2.24, 2.45) is 0 Å². The van der Waals surface area contributed by atoms with Crippen LogP contribution in [0.3, 0.4) is 0 Å². The van der Waals surface area contributed by atoms with Crippen molar-refractivity contribution in [1.29, 1.82) is 0 Å². The van der Waals surface area contributed by atoms with Crippen molar-refractivity contribution >= 4 is 5.97 Å². The number of hydrogen-bond donors (Lipinski definition) is 1. The summed E-state index contributed by atoms with van der Waals surface area (Å²) < 4.78 is 5.23. The number of hydrogen-bond acceptors (Lipinski definition) is 4. The molecule has 1 unspecified atom stereocenters. The zero-order valence-electron chi connectivity index (χ0n) is 11.6. The Balaban J connectivity index is 2.12. The molecule has 1 rings (SSSR count). The second-order valence-corrected chi connectivity index (χ2v) is 5.81. The molecule has 0 aromatic heterocycles. The molecule has 0 radical (unpaired) electrons. The number of esters is 1. The van der Waals surface area contributed by atoms with Gasteiger partial charge in [0.1, 0.15) is 5.60 Å². The molecule has 4 heteroatoms. The summed E-state index contributed by atoms with van der Waals surface area (Å²) in [5, 5.41) is 3.17. The first-order valence-electron chi connectivity index (χ1n) is 6.55. The number of carbonyl (C=O) groups is 1. The number of nitrogens with zero attached hydrogens (tertiary/aromatic N) is 1. The van der Waals surface area contributed by atoms with Crippen LogP contribution in [-0.4, -0.2) is 48.7 Å². The Morgan fingerprint density at radius 3 is 2.47 bits per heavy atom. The van der Waals surface area contributed by atoms with E-state index in [0.717, 1.165) is 6.54 Å². The van der Waals surface area contributed by atoms with Crippen LogP contribution in [0, 0.1) is 0 Å². The van der Waals surface area contributed by atoms with Gasteiger partial charge in [0.25, 0.3) is 0 Å². The van der Waals surface area contributed by atoms with Crippen LogP contribution in [0.2, 0.25) is 0 Å². The first-order chi connectivity index (χ1) is 7.88. The highest BCUT2D eigenvalue weighted by Crippen LogP contribution is 2.10. The lowest BCUT2D eigenvalue weighted by molar-refractivity contribution is -0.153. The Morgan fingerprint density at radius 2 is 1.94 bits per heavy atom. The lowest BCUT2D eigenvalue weighted by atomic mass is 10.2. The quantitative estimate of drug-likeness (QED) is 0.740. The fourth-order valence-corrected chi connectivity index (χ4v) is 2.07. The van der Waals surface area contributed by atoms with Crippen LogP contribution < -0.4 is 5.32 Å². The minimum atomic E-state index is -0.390. The lowest BCUT2D eigenvalue weighted by Gasteiger charge is -2.24. The number of rotatable bonds is 5. The number of ether oxygens (including phenoxy) is 1. The van der Waals surface area contributed by atoms with E-state index in [2.05, 4.69) is 17.1 Å². The van der Waals surface area contributed by atoms with Gasteiger partial charge in [0.05, 0.1) is 6.54 Å². The van der Waals surface area contributed by atoms with Crippen LogP contribution in [0.1, 0.15) is 40.5 Å². The van der Waals surface area contributed by atoms with E-state index in [1.165, 1.54) is 25.9 Å². The van der Waals surface area contributed by atoms with Crippen LogP contribution in [-0.2, 0) is 9.53 Å². The molecule has 1 atom stereocenters. The van der Waals surface area contributed by atoms with Crippen molar-refractivity contribution in [2.75, 3.05) is 26.2 Å². The molecule has 1 saturated heterocycles. The fourth-order valence-electron chi connectivity index (χ4n) is 2.07. The molecule has 0 aliphatic carbocycles. The maximum Gasteiger partial charge on any atom is 0.320 e. The van der Waals surface area contributed by atoms with Gasteiger partial charge in [-0.2, -0.15) is 0 Å². The van der Waals surface area contributed by atoms with Gasteiger partial charge in [-0.15, -0.1) is 0 Å². The van der Waals surface area contributed by atoms with E-state index in [4.69, 9.17) is 4.74 Å². The van der Waals surface area contributed by atoms with Gasteiger partial charge in [-0.3, -0.25) is 9.69 Å². The second-order valence-electron chi connectivity index (χ2n) is 5.81. The van der Waals surface area contributed by atoms with Gasteiger partial charge in [-0.05, 0) is 53.6 Å². The smallest absolute Gasteiger partial charge is 0.320 e. The van der Waals surface area contributed by atoms with Crippen LogP contribution in [0.5, 0.6) is 0 Å². The molecule has 0 aromatic rings. The monoisotopic (exact) mass is 242 g/mol. The Labute approximate surface area is 105 Å². The Hall–Kier alpha value is -0.610. The lowest BCUT2D eigenvalue weighted by Crippen LogP contribution is -2.41. The van der Waals surface area contributed by atoms with E-state index in [9.17, 15) is 4.79 Å². The zero-order valence-corrected chi connectivity index (χ0v) is 11.6. The number of nitrogens with one attached hydrogen (secondary N) is 1. The predicted octanol–water partition coefficient (Wildman–Crippen LogP) is 1.40.